The normalized spacial score (nSPS) is 18.5. The first-order valence-corrected chi connectivity index (χ1v) is 6.17. The van der Waals surface area contributed by atoms with Gasteiger partial charge < -0.3 is 26.8 Å². The summed E-state index contributed by atoms with van der Waals surface area (Å²) in [5.41, 5.74) is 4.98. The van der Waals surface area contributed by atoms with Crippen molar-refractivity contribution in [2.24, 2.45) is 5.73 Å². The molecule has 6 N–H and O–H groups in total. The summed E-state index contributed by atoms with van der Waals surface area (Å²) in [7, 11) is 0. The summed E-state index contributed by atoms with van der Waals surface area (Å²) >= 11 is 0. The van der Waals surface area contributed by atoms with Crippen molar-refractivity contribution in [3.05, 3.63) is 0 Å². The van der Waals surface area contributed by atoms with Crippen molar-refractivity contribution in [3.8, 4) is 0 Å². The van der Waals surface area contributed by atoms with Crippen molar-refractivity contribution >= 4 is 29.6 Å². The first kappa shape index (κ1) is 16.4. The zero-order chi connectivity index (χ0) is 16.0. The van der Waals surface area contributed by atoms with Crippen molar-refractivity contribution in [1.82, 2.24) is 16.0 Å². The molecule has 0 saturated carbocycles. The Morgan fingerprint density at radius 2 is 2.05 bits per heavy atom. The van der Waals surface area contributed by atoms with E-state index in [-0.39, 0.29) is 18.7 Å². The number of carboxylic acids is 1. The zero-order valence-electron chi connectivity index (χ0n) is 11.0. The summed E-state index contributed by atoms with van der Waals surface area (Å²) in [6.45, 7) is -0.649. The Bertz CT molecular complexity index is 477. The Balaban J connectivity index is 2.62. The van der Waals surface area contributed by atoms with Crippen LogP contribution in [0.3, 0.4) is 0 Å². The van der Waals surface area contributed by atoms with Crippen LogP contribution in [0.1, 0.15) is 19.3 Å². The van der Waals surface area contributed by atoms with E-state index in [1.165, 1.54) is 0 Å². The van der Waals surface area contributed by atoms with E-state index in [9.17, 15) is 24.0 Å². The van der Waals surface area contributed by atoms with Gasteiger partial charge in [0, 0.05) is 6.42 Å². The van der Waals surface area contributed by atoms with Gasteiger partial charge in [-0.05, 0) is 6.42 Å². The Morgan fingerprint density at radius 3 is 2.52 bits per heavy atom. The summed E-state index contributed by atoms with van der Waals surface area (Å²) in [6, 6.07) is -2.06. The molecule has 0 spiro atoms. The molecule has 0 radical (unpaired) electrons. The van der Waals surface area contributed by atoms with Crippen molar-refractivity contribution < 1.29 is 29.1 Å². The van der Waals surface area contributed by atoms with E-state index in [4.69, 9.17) is 10.8 Å². The van der Waals surface area contributed by atoms with Crippen LogP contribution in [-0.2, 0) is 24.0 Å². The van der Waals surface area contributed by atoms with Crippen molar-refractivity contribution in [2.75, 3.05) is 6.54 Å². The number of nitrogens with one attached hydrogen (secondary N) is 3. The lowest BCUT2D eigenvalue weighted by atomic mass is 10.1. The number of carbonyl (C=O) groups is 5. The molecule has 1 rings (SSSR count). The van der Waals surface area contributed by atoms with Crippen LogP contribution in [0.5, 0.6) is 0 Å². The molecule has 21 heavy (non-hydrogen) atoms. The Kier molecular flexibility index (Phi) is 5.64. The fourth-order valence-corrected chi connectivity index (χ4v) is 1.78. The largest absolute Gasteiger partial charge is 0.480 e. The Hall–Kier alpha value is -2.65. The molecule has 4 amide bonds. The average molecular weight is 300 g/mol. The number of carbonyl (C=O) groups excluding carboxylic acids is 4. The minimum Gasteiger partial charge on any atom is -0.480 e. The minimum atomic E-state index is -1.29. The highest BCUT2D eigenvalue weighted by Crippen LogP contribution is 2.07. The van der Waals surface area contributed by atoms with E-state index in [0.29, 0.717) is 0 Å². The Labute approximate surface area is 119 Å². The van der Waals surface area contributed by atoms with Crippen LogP contribution >= 0.6 is 0 Å². The molecule has 1 saturated heterocycles. The summed E-state index contributed by atoms with van der Waals surface area (Å²) < 4.78 is 0. The van der Waals surface area contributed by atoms with Crippen LogP contribution in [0.2, 0.25) is 0 Å². The maximum atomic E-state index is 11.9. The molecule has 0 bridgehead atoms. The van der Waals surface area contributed by atoms with Crippen LogP contribution in [-0.4, -0.2) is 53.3 Å². The second kappa shape index (κ2) is 7.22. The highest BCUT2D eigenvalue weighted by Gasteiger charge is 2.31. The van der Waals surface area contributed by atoms with E-state index in [1.54, 1.807) is 0 Å². The molecule has 10 nitrogen and oxygen atoms in total. The van der Waals surface area contributed by atoms with Crippen LogP contribution in [0, 0.1) is 0 Å². The predicted molar refractivity (Wildman–Crippen MR) is 67.6 cm³/mol. The van der Waals surface area contributed by atoms with Gasteiger partial charge in [-0.15, -0.1) is 0 Å². The van der Waals surface area contributed by atoms with E-state index < -0.39 is 48.7 Å². The second-order valence-electron chi connectivity index (χ2n) is 4.50. The number of nitrogens with two attached hydrogens (primary N) is 1. The second-order valence-corrected chi connectivity index (χ2v) is 4.50. The third kappa shape index (κ3) is 5.47. The fraction of sp³-hybridized carbons (Fsp3) is 0.545. The number of hydrogen-bond donors (Lipinski definition) is 5. The van der Waals surface area contributed by atoms with Gasteiger partial charge in [0.25, 0.3) is 0 Å². The van der Waals surface area contributed by atoms with Gasteiger partial charge in [0.1, 0.15) is 18.6 Å². The predicted octanol–water partition coefficient (Wildman–Crippen LogP) is -3.17. The van der Waals surface area contributed by atoms with Gasteiger partial charge >= 0.3 is 5.97 Å². The monoisotopic (exact) mass is 300 g/mol. The Morgan fingerprint density at radius 1 is 1.38 bits per heavy atom. The molecule has 0 aromatic heterocycles. The van der Waals surface area contributed by atoms with Gasteiger partial charge in [0.15, 0.2) is 0 Å². The van der Waals surface area contributed by atoms with E-state index in [1.807, 2.05) is 5.32 Å². The van der Waals surface area contributed by atoms with Crippen LogP contribution in [0.15, 0.2) is 0 Å². The third-order valence-electron chi connectivity index (χ3n) is 2.76. The number of rotatable bonds is 7. The van der Waals surface area contributed by atoms with Gasteiger partial charge in [0.05, 0.1) is 6.42 Å². The molecule has 1 aliphatic rings. The summed E-state index contributed by atoms with van der Waals surface area (Å²) in [4.78, 5) is 55.9. The lowest BCUT2D eigenvalue weighted by Gasteiger charge is -2.19. The number of aliphatic carboxylic acids is 1. The third-order valence-corrected chi connectivity index (χ3v) is 2.76. The smallest absolute Gasteiger partial charge is 0.322 e. The number of carboxylic acid groups (broad SMARTS) is 1. The van der Waals surface area contributed by atoms with Gasteiger partial charge in [-0.2, -0.15) is 0 Å². The molecule has 1 aliphatic heterocycles. The molecule has 0 aromatic carbocycles. The van der Waals surface area contributed by atoms with E-state index in [0.717, 1.165) is 0 Å². The molecule has 0 aliphatic carbocycles. The average Bonchev–Trinajstić information content (AvgIpc) is 2.81. The molecule has 1 fully saturated rings. The molecule has 0 aromatic rings. The maximum absolute atomic E-state index is 11.9. The van der Waals surface area contributed by atoms with Gasteiger partial charge in [-0.1, -0.05) is 0 Å². The van der Waals surface area contributed by atoms with E-state index >= 15 is 0 Å². The molecule has 1 heterocycles. The molecule has 2 unspecified atom stereocenters. The first-order valence-electron chi connectivity index (χ1n) is 6.17. The van der Waals surface area contributed by atoms with Crippen LogP contribution in [0.4, 0.5) is 0 Å². The highest BCUT2D eigenvalue weighted by molar-refractivity contribution is 5.96. The van der Waals surface area contributed by atoms with Gasteiger partial charge in [-0.3, -0.25) is 24.0 Å². The molecule has 116 valence electrons. The fourth-order valence-electron chi connectivity index (χ4n) is 1.78. The molecular weight excluding hydrogens is 284 g/mol. The standard InChI is InChI=1S/C11H16N4O6/c12-7(16)3-6(10(20)13-4-9(18)19)15-11(21)5-1-2-8(17)14-5/h5-6H,1-4H2,(H2,12,16)(H,13,20)(H,14,17)(H,15,21)(H,18,19). The maximum Gasteiger partial charge on any atom is 0.322 e. The molecular formula is C11H16N4O6. The lowest BCUT2D eigenvalue weighted by molar-refractivity contribution is -0.138. The van der Waals surface area contributed by atoms with Crippen molar-refractivity contribution in [1.29, 1.82) is 0 Å². The SMILES string of the molecule is NC(=O)CC(NC(=O)C1CCC(=O)N1)C(=O)NCC(=O)O. The summed E-state index contributed by atoms with van der Waals surface area (Å²) in [5, 5.41) is 15.2. The van der Waals surface area contributed by atoms with Gasteiger partial charge in [0.2, 0.25) is 23.6 Å². The van der Waals surface area contributed by atoms with Gasteiger partial charge in [-0.25, -0.2) is 0 Å². The quantitative estimate of drug-likeness (QED) is 0.332. The van der Waals surface area contributed by atoms with Crippen molar-refractivity contribution in [2.45, 2.75) is 31.3 Å². The zero-order valence-corrected chi connectivity index (χ0v) is 11.0. The first-order chi connectivity index (χ1) is 9.79. The number of amides is 4. The summed E-state index contributed by atoms with van der Waals surface area (Å²) in [6.07, 6.45) is 0.00629. The van der Waals surface area contributed by atoms with Crippen LogP contribution in [0.25, 0.3) is 0 Å². The number of primary amides is 1. The molecule has 10 heteroatoms. The van der Waals surface area contributed by atoms with Crippen molar-refractivity contribution in [3.63, 3.8) is 0 Å². The summed E-state index contributed by atoms with van der Waals surface area (Å²) in [5.74, 6) is -3.85. The lowest BCUT2D eigenvalue weighted by Crippen LogP contribution is -2.53. The number of hydrogen-bond acceptors (Lipinski definition) is 5. The highest BCUT2D eigenvalue weighted by atomic mass is 16.4. The van der Waals surface area contributed by atoms with Crippen LogP contribution < -0.4 is 21.7 Å². The minimum absolute atomic E-state index is 0.198. The molecule has 2 atom stereocenters. The van der Waals surface area contributed by atoms with E-state index in [2.05, 4.69) is 10.6 Å². The topological polar surface area (TPSA) is 168 Å².